The van der Waals surface area contributed by atoms with E-state index in [1.165, 1.54) is 0 Å². The van der Waals surface area contributed by atoms with Gasteiger partial charge in [0.15, 0.2) is 11.5 Å². The summed E-state index contributed by atoms with van der Waals surface area (Å²) in [4.78, 5) is 52.8. The third kappa shape index (κ3) is 6.28. The Kier molecular flexibility index (Phi) is 11.0. The smallest absolute Gasteiger partial charge is 0.423 e. The molecular weight excluding hydrogens is 749 g/mol. The van der Waals surface area contributed by atoms with Crippen LogP contribution >= 0.6 is 69.6 Å². The first-order valence-electron chi connectivity index (χ1n) is 15.3. The van der Waals surface area contributed by atoms with Crippen molar-refractivity contribution in [3.63, 3.8) is 0 Å². The van der Waals surface area contributed by atoms with Crippen LogP contribution in [0.2, 0.25) is 30.1 Å². The van der Waals surface area contributed by atoms with Gasteiger partial charge < -0.3 is 18.9 Å². The van der Waals surface area contributed by atoms with Crippen molar-refractivity contribution >= 4 is 93.5 Å². The Morgan fingerprint density at radius 1 is 0.583 bits per heavy atom. The van der Waals surface area contributed by atoms with Crippen LogP contribution in [0.1, 0.15) is 88.9 Å². The molecule has 262 valence electrons. The molecule has 6 unspecified atom stereocenters. The topological polar surface area (TPSA) is 105 Å². The summed E-state index contributed by atoms with van der Waals surface area (Å²) in [5.41, 5.74) is -1.66. The third-order valence-corrected chi connectivity index (χ3v) is 14.1. The Morgan fingerprint density at radius 2 is 0.896 bits per heavy atom. The first kappa shape index (κ1) is 38.9. The minimum atomic E-state index is -1.65. The van der Waals surface area contributed by atoms with E-state index in [0.717, 1.165) is 25.0 Å². The molecule has 2 saturated carbocycles. The summed E-state index contributed by atoms with van der Waals surface area (Å²) >= 11 is 37.7. The van der Waals surface area contributed by atoms with Gasteiger partial charge in [0.05, 0.1) is 43.3 Å². The van der Waals surface area contributed by atoms with E-state index in [1.807, 2.05) is 13.8 Å². The number of esters is 4. The molecule has 0 bridgehead atoms. The van der Waals surface area contributed by atoms with Crippen LogP contribution in [0.5, 0.6) is 11.5 Å². The second-order valence-corrected chi connectivity index (χ2v) is 15.9. The molecular formula is C34H36Cl6O8. The van der Waals surface area contributed by atoms with Crippen LogP contribution in [0.15, 0.2) is 12.1 Å². The van der Waals surface area contributed by atoms with Gasteiger partial charge in [-0.15, -0.1) is 0 Å². The number of rotatable bonds is 10. The number of carbonyl (C=O) groups excluding carboxylic acids is 4. The minimum absolute atomic E-state index is 0.0394. The maximum absolute atomic E-state index is 13.3. The van der Waals surface area contributed by atoms with Crippen LogP contribution in [0.3, 0.4) is 0 Å². The van der Waals surface area contributed by atoms with Gasteiger partial charge in [0, 0.05) is 10.8 Å². The number of hydrogen-bond donors (Lipinski definition) is 0. The zero-order valence-electron chi connectivity index (χ0n) is 27.7. The third-order valence-electron chi connectivity index (χ3n) is 12.0. The van der Waals surface area contributed by atoms with E-state index in [9.17, 15) is 19.2 Å². The molecule has 0 amide bonds. The van der Waals surface area contributed by atoms with Crippen LogP contribution in [0.4, 0.5) is 0 Å². The van der Waals surface area contributed by atoms with E-state index < -0.39 is 46.5 Å². The van der Waals surface area contributed by atoms with Gasteiger partial charge in [0.2, 0.25) is 0 Å². The molecule has 4 rings (SSSR count). The van der Waals surface area contributed by atoms with Crippen LogP contribution in [0.25, 0.3) is 0 Å². The Labute approximate surface area is 309 Å². The highest BCUT2D eigenvalue weighted by atomic mass is 35.5. The molecule has 2 aliphatic carbocycles. The van der Waals surface area contributed by atoms with Gasteiger partial charge in [-0.05, 0) is 47.6 Å². The van der Waals surface area contributed by atoms with Crippen LogP contribution in [-0.2, 0) is 19.1 Å². The Balaban J connectivity index is 1.57. The molecule has 0 aromatic heterocycles. The first-order valence-corrected chi connectivity index (χ1v) is 17.6. The lowest BCUT2D eigenvalue weighted by Crippen LogP contribution is -2.28. The van der Waals surface area contributed by atoms with Crippen molar-refractivity contribution in [3.05, 3.63) is 53.4 Å². The molecule has 14 heteroatoms. The predicted octanol–water partition coefficient (Wildman–Crippen LogP) is 10.6. The highest BCUT2D eigenvalue weighted by molar-refractivity contribution is 6.47. The lowest BCUT2D eigenvalue weighted by atomic mass is 9.94. The summed E-state index contributed by atoms with van der Waals surface area (Å²) < 4.78 is 21.7. The Hall–Kier alpha value is -1.94. The monoisotopic (exact) mass is 782 g/mol. The van der Waals surface area contributed by atoms with E-state index in [1.54, 1.807) is 0 Å². The average molecular weight is 785 g/mol. The van der Waals surface area contributed by atoms with Crippen LogP contribution < -0.4 is 9.47 Å². The number of hydrogen-bond acceptors (Lipinski definition) is 8. The molecule has 6 atom stereocenters. The second-order valence-electron chi connectivity index (χ2n) is 13.5. The van der Waals surface area contributed by atoms with Gasteiger partial charge >= 0.3 is 23.9 Å². The number of ether oxygens (including phenoxy) is 4. The van der Waals surface area contributed by atoms with E-state index in [4.69, 9.17) is 88.6 Å². The molecule has 2 aliphatic rings. The standard InChI is InChI=1S/C34H36Cl6O8/c1-9-31(5)15(3)33(31,7)13-45-27(41)21-23(39)17(35)11-19(37)25(21)47-29(43)30(44)48-26-20(38)12-18(36)24(40)22(26)28(42)46-14-34(8)16(4)32(34,6)10-2/h11-12,15-16H,9-10,13-14H2,1-8H3. The van der Waals surface area contributed by atoms with Gasteiger partial charge in [-0.1, -0.05) is 125 Å². The fourth-order valence-electron chi connectivity index (χ4n) is 7.05. The summed E-state index contributed by atoms with van der Waals surface area (Å²) in [6.45, 7) is 16.6. The second kappa shape index (κ2) is 13.6. The SMILES string of the molecule is CCC1(C)C(C)C1(C)COC(=O)c1c(Cl)c(Cl)cc(Cl)c1OC(=O)C(=O)Oc1c(Cl)cc(Cl)c(Cl)c1C(=O)OCC1(C)C(C)C1(C)CC. The van der Waals surface area contributed by atoms with Crippen molar-refractivity contribution in [3.8, 4) is 11.5 Å². The van der Waals surface area contributed by atoms with Crippen molar-refractivity contribution in [1.82, 2.24) is 0 Å². The molecule has 2 aromatic carbocycles. The molecule has 48 heavy (non-hydrogen) atoms. The molecule has 0 heterocycles. The van der Waals surface area contributed by atoms with Crippen molar-refractivity contribution in [2.24, 2.45) is 33.5 Å². The van der Waals surface area contributed by atoms with Gasteiger partial charge in [-0.25, -0.2) is 19.2 Å². The zero-order valence-corrected chi connectivity index (χ0v) is 32.2. The van der Waals surface area contributed by atoms with Crippen molar-refractivity contribution in [1.29, 1.82) is 0 Å². The lowest BCUT2D eigenvalue weighted by molar-refractivity contribution is -0.156. The summed E-state index contributed by atoms with van der Waals surface area (Å²) in [5.74, 6) is -5.90. The average Bonchev–Trinajstić information content (AvgIpc) is 3.68. The molecule has 0 spiro atoms. The maximum atomic E-state index is 13.3. The van der Waals surface area contributed by atoms with E-state index in [2.05, 4.69) is 41.5 Å². The summed E-state index contributed by atoms with van der Waals surface area (Å²) in [7, 11) is 0. The maximum Gasteiger partial charge on any atom is 0.423 e. The first-order chi connectivity index (χ1) is 22.2. The quantitative estimate of drug-likeness (QED) is 0.101. The molecule has 0 N–H and O–H groups in total. The lowest BCUT2D eigenvalue weighted by Gasteiger charge is -2.19. The van der Waals surface area contributed by atoms with Crippen molar-refractivity contribution < 1.29 is 38.1 Å². The molecule has 0 aliphatic heterocycles. The van der Waals surface area contributed by atoms with Crippen LogP contribution in [0, 0.1) is 33.5 Å². The Morgan fingerprint density at radius 3 is 1.17 bits per heavy atom. The summed E-state index contributed by atoms with van der Waals surface area (Å²) in [6.07, 6.45) is 1.74. The van der Waals surface area contributed by atoms with E-state index in [0.29, 0.717) is 0 Å². The highest BCUT2D eigenvalue weighted by Gasteiger charge is 2.68. The van der Waals surface area contributed by atoms with Crippen LogP contribution in [-0.4, -0.2) is 37.1 Å². The predicted molar refractivity (Wildman–Crippen MR) is 186 cm³/mol. The number of benzene rings is 2. The largest absolute Gasteiger partial charge is 0.461 e. The molecule has 0 saturated heterocycles. The van der Waals surface area contributed by atoms with Gasteiger partial charge in [0.1, 0.15) is 11.1 Å². The van der Waals surface area contributed by atoms with E-state index in [-0.39, 0.29) is 76.8 Å². The number of carbonyl (C=O) groups is 4. The molecule has 2 fully saturated rings. The van der Waals surface area contributed by atoms with Gasteiger partial charge in [-0.2, -0.15) is 0 Å². The molecule has 8 nitrogen and oxygen atoms in total. The van der Waals surface area contributed by atoms with Gasteiger partial charge in [0.25, 0.3) is 0 Å². The summed E-state index contributed by atoms with van der Waals surface area (Å²) in [6, 6.07) is 2.26. The fourth-order valence-corrected chi connectivity index (χ4v) is 8.49. The summed E-state index contributed by atoms with van der Waals surface area (Å²) in [5, 5.41) is -1.52. The zero-order chi connectivity index (χ0) is 36.3. The Bertz CT molecular complexity index is 1590. The van der Waals surface area contributed by atoms with E-state index >= 15 is 0 Å². The normalized spacial score (nSPS) is 28.8. The molecule has 2 aromatic rings. The van der Waals surface area contributed by atoms with Crippen molar-refractivity contribution in [2.75, 3.05) is 13.2 Å². The highest BCUT2D eigenvalue weighted by Crippen LogP contribution is 2.71. The molecule has 0 radical (unpaired) electrons. The van der Waals surface area contributed by atoms with Crippen molar-refractivity contribution in [2.45, 2.75) is 68.2 Å². The fraction of sp³-hybridized carbons (Fsp3) is 0.529. The minimum Gasteiger partial charge on any atom is -0.461 e. The number of halogens is 6. The van der Waals surface area contributed by atoms with Gasteiger partial charge in [-0.3, -0.25) is 0 Å².